The molecule has 0 radical (unpaired) electrons. The van der Waals surface area contributed by atoms with Crippen molar-refractivity contribution in [2.24, 2.45) is 11.8 Å². The van der Waals surface area contributed by atoms with Crippen molar-refractivity contribution in [1.29, 1.82) is 0 Å². The topological polar surface area (TPSA) is 62.2 Å². The van der Waals surface area contributed by atoms with Gasteiger partial charge in [-0.15, -0.1) is 0 Å². The van der Waals surface area contributed by atoms with E-state index in [-0.39, 0.29) is 12.5 Å². The van der Waals surface area contributed by atoms with Crippen LogP contribution in [0, 0.1) is 11.8 Å². The van der Waals surface area contributed by atoms with Crippen LogP contribution in [0.2, 0.25) is 5.02 Å². The summed E-state index contributed by atoms with van der Waals surface area (Å²) in [5, 5.41) is 12.6. The first-order valence-corrected chi connectivity index (χ1v) is 6.59. The Bertz CT molecular complexity index is 425. The van der Waals surface area contributed by atoms with E-state index in [1.165, 1.54) is 6.20 Å². The zero-order valence-corrected chi connectivity index (χ0v) is 10.9. The van der Waals surface area contributed by atoms with E-state index in [0.29, 0.717) is 29.1 Å². The predicted octanol–water partition coefficient (Wildman–Crippen LogP) is 1.87. The van der Waals surface area contributed by atoms with E-state index in [1.807, 2.05) is 0 Å². The van der Waals surface area contributed by atoms with Gasteiger partial charge in [-0.3, -0.25) is 9.78 Å². The van der Waals surface area contributed by atoms with Gasteiger partial charge in [-0.2, -0.15) is 0 Å². The summed E-state index contributed by atoms with van der Waals surface area (Å²) >= 11 is 5.81. The van der Waals surface area contributed by atoms with Crippen LogP contribution in [-0.4, -0.2) is 29.1 Å². The fourth-order valence-electron chi connectivity index (χ4n) is 2.47. The first-order valence-electron chi connectivity index (χ1n) is 6.21. The molecule has 5 heteroatoms. The number of amides is 1. The second kappa shape index (κ2) is 6.16. The fraction of sp³-hybridized carbons (Fsp3) is 0.538. The zero-order chi connectivity index (χ0) is 13.0. The van der Waals surface area contributed by atoms with Gasteiger partial charge in [0.25, 0.3) is 5.91 Å². The molecule has 1 aromatic heterocycles. The largest absolute Gasteiger partial charge is 0.396 e. The Balaban J connectivity index is 1.88. The van der Waals surface area contributed by atoms with Crippen LogP contribution in [-0.2, 0) is 0 Å². The maximum atomic E-state index is 11.9. The van der Waals surface area contributed by atoms with Crippen LogP contribution in [0.1, 0.15) is 29.8 Å². The average molecular weight is 269 g/mol. The minimum Gasteiger partial charge on any atom is -0.396 e. The molecule has 2 N–H and O–H groups in total. The highest BCUT2D eigenvalue weighted by Crippen LogP contribution is 2.30. The SMILES string of the molecule is O=C(NCC1CCCC1CO)c1cc(Cl)ccn1. The summed E-state index contributed by atoms with van der Waals surface area (Å²) in [6.45, 7) is 0.800. The van der Waals surface area contributed by atoms with Crippen molar-refractivity contribution in [3.8, 4) is 0 Å². The Kier molecular flexibility index (Phi) is 4.55. The summed E-state index contributed by atoms with van der Waals surface area (Å²) in [5.74, 6) is 0.483. The standard InChI is InChI=1S/C13H17ClN2O2/c14-11-4-5-15-12(6-11)13(18)16-7-9-2-1-3-10(9)8-17/h4-6,9-10,17H,1-3,7-8H2,(H,16,18). The molecule has 18 heavy (non-hydrogen) atoms. The van der Waals surface area contributed by atoms with Crippen LogP contribution in [0.3, 0.4) is 0 Å². The maximum Gasteiger partial charge on any atom is 0.269 e. The molecule has 0 saturated heterocycles. The Morgan fingerprint density at radius 2 is 2.28 bits per heavy atom. The van der Waals surface area contributed by atoms with Crippen molar-refractivity contribution in [3.05, 3.63) is 29.0 Å². The quantitative estimate of drug-likeness (QED) is 0.876. The number of hydrogen-bond acceptors (Lipinski definition) is 3. The fourth-order valence-corrected chi connectivity index (χ4v) is 2.63. The van der Waals surface area contributed by atoms with Gasteiger partial charge in [-0.25, -0.2) is 0 Å². The molecule has 2 unspecified atom stereocenters. The van der Waals surface area contributed by atoms with Crippen LogP contribution in [0.25, 0.3) is 0 Å². The second-order valence-corrected chi connectivity index (χ2v) is 5.14. The van der Waals surface area contributed by atoms with Gasteiger partial charge in [0.15, 0.2) is 0 Å². The molecule has 98 valence electrons. The van der Waals surface area contributed by atoms with Crippen molar-refractivity contribution in [2.75, 3.05) is 13.2 Å². The van der Waals surface area contributed by atoms with E-state index < -0.39 is 0 Å². The molecule has 1 heterocycles. The first-order chi connectivity index (χ1) is 8.70. The van der Waals surface area contributed by atoms with Gasteiger partial charge in [0.05, 0.1) is 0 Å². The third-order valence-electron chi connectivity index (χ3n) is 3.53. The highest BCUT2D eigenvalue weighted by molar-refractivity contribution is 6.30. The van der Waals surface area contributed by atoms with E-state index in [0.717, 1.165) is 19.3 Å². The smallest absolute Gasteiger partial charge is 0.269 e. The molecule has 0 aliphatic heterocycles. The molecule has 1 amide bonds. The highest BCUT2D eigenvalue weighted by atomic mass is 35.5. The number of aliphatic hydroxyl groups excluding tert-OH is 1. The number of rotatable bonds is 4. The lowest BCUT2D eigenvalue weighted by Gasteiger charge is -2.17. The molecule has 1 aromatic rings. The summed E-state index contributed by atoms with van der Waals surface area (Å²) in [5.41, 5.74) is 0.334. The molecule has 1 aliphatic carbocycles. The van der Waals surface area contributed by atoms with Crippen molar-refractivity contribution in [2.45, 2.75) is 19.3 Å². The number of carbonyl (C=O) groups excluding carboxylic acids is 1. The summed E-state index contributed by atoms with van der Waals surface area (Å²) in [6, 6.07) is 3.19. The van der Waals surface area contributed by atoms with Crippen molar-refractivity contribution in [1.82, 2.24) is 10.3 Å². The van der Waals surface area contributed by atoms with Gasteiger partial charge < -0.3 is 10.4 Å². The third-order valence-corrected chi connectivity index (χ3v) is 3.77. The summed E-state index contributed by atoms with van der Waals surface area (Å²) < 4.78 is 0. The van der Waals surface area contributed by atoms with E-state index in [1.54, 1.807) is 12.1 Å². The molecule has 2 rings (SSSR count). The molecule has 0 bridgehead atoms. The molecule has 1 fully saturated rings. The van der Waals surface area contributed by atoms with E-state index in [4.69, 9.17) is 11.6 Å². The third kappa shape index (κ3) is 3.21. The lowest BCUT2D eigenvalue weighted by atomic mass is 9.97. The summed E-state index contributed by atoms with van der Waals surface area (Å²) in [6.07, 6.45) is 4.76. The monoisotopic (exact) mass is 268 g/mol. The van der Waals surface area contributed by atoms with Gasteiger partial charge >= 0.3 is 0 Å². The van der Waals surface area contributed by atoms with Crippen LogP contribution in [0.15, 0.2) is 18.3 Å². The molecule has 1 saturated carbocycles. The summed E-state index contributed by atoms with van der Waals surface area (Å²) in [7, 11) is 0. The average Bonchev–Trinajstić information content (AvgIpc) is 2.83. The van der Waals surface area contributed by atoms with Gasteiger partial charge in [-0.05, 0) is 36.8 Å². The lowest BCUT2D eigenvalue weighted by molar-refractivity contribution is 0.0933. The van der Waals surface area contributed by atoms with E-state index >= 15 is 0 Å². The number of nitrogens with zero attached hydrogens (tertiary/aromatic N) is 1. The zero-order valence-electron chi connectivity index (χ0n) is 10.1. The number of hydrogen-bond donors (Lipinski definition) is 2. The molecular weight excluding hydrogens is 252 g/mol. The van der Waals surface area contributed by atoms with Crippen LogP contribution in [0.5, 0.6) is 0 Å². The van der Waals surface area contributed by atoms with Gasteiger partial charge in [0.1, 0.15) is 5.69 Å². The normalized spacial score (nSPS) is 23.0. The molecule has 4 nitrogen and oxygen atoms in total. The Labute approximate surface area is 111 Å². The molecule has 0 spiro atoms. The Morgan fingerprint density at radius 3 is 3.00 bits per heavy atom. The molecule has 2 atom stereocenters. The van der Waals surface area contributed by atoms with Gasteiger partial charge in [0, 0.05) is 24.4 Å². The molecule has 1 aliphatic rings. The first kappa shape index (κ1) is 13.3. The van der Waals surface area contributed by atoms with Gasteiger partial charge in [0.2, 0.25) is 0 Å². The predicted molar refractivity (Wildman–Crippen MR) is 69.5 cm³/mol. The maximum absolute atomic E-state index is 11.9. The van der Waals surface area contributed by atoms with Crippen LogP contribution >= 0.6 is 11.6 Å². The number of aromatic nitrogens is 1. The van der Waals surface area contributed by atoms with E-state index in [2.05, 4.69) is 10.3 Å². The number of nitrogens with one attached hydrogen (secondary N) is 1. The number of pyridine rings is 1. The van der Waals surface area contributed by atoms with Crippen molar-refractivity contribution < 1.29 is 9.90 Å². The van der Waals surface area contributed by atoms with Crippen LogP contribution < -0.4 is 5.32 Å². The van der Waals surface area contributed by atoms with Crippen molar-refractivity contribution >= 4 is 17.5 Å². The number of carbonyl (C=O) groups is 1. The Morgan fingerprint density at radius 1 is 1.50 bits per heavy atom. The number of halogens is 1. The Hall–Kier alpha value is -1.13. The second-order valence-electron chi connectivity index (χ2n) is 4.70. The van der Waals surface area contributed by atoms with Crippen molar-refractivity contribution in [3.63, 3.8) is 0 Å². The minimum atomic E-state index is -0.207. The van der Waals surface area contributed by atoms with E-state index in [9.17, 15) is 9.90 Å². The summed E-state index contributed by atoms with van der Waals surface area (Å²) in [4.78, 5) is 15.8. The lowest BCUT2D eigenvalue weighted by Crippen LogP contribution is -2.32. The molecule has 0 aromatic carbocycles. The molecular formula is C13H17ClN2O2. The van der Waals surface area contributed by atoms with Crippen LogP contribution in [0.4, 0.5) is 0 Å². The number of aliphatic hydroxyl groups is 1. The highest BCUT2D eigenvalue weighted by Gasteiger charge is 2.26. The van der Waals surface area contributed by atoms with Gasteiger partial charge in [-0.1, -0.05) is 18.0 Å². The minimum absolute atomic E-state index is 0.204.